The third kappa shape index (κ3) is 6.90. The highest BCUT2D eigenvalue weighted by Gasteiger charge is 2.15. The van der Waals surface area contributed by atoms with Crippen LogP contribution < -0.4 is 14.8 Å². The van der Waals surface area contributed by atoms with Crippen molar-refractivity contribution in [3.05, 3.63) is 58.6 Å². The predicted molar refractivity (Wildman–Crippen MR) is 108 cm³/mol. The van der Waals surface area contributed by atoms with Crippen molar-refractivity contribution in [2.75, 3.05) is 11.9 Å². The molecule has 0 saturated heterocycles. The van der Waals surface area contributed by atoms with Gasteiger partial charge in [0.1, 0.15) is 11.5 Å². The third-order valence-corrected chi connectivity index (χ3v) is 4.12. The number of nitro groups is 1. The lowest BCUT2D eigenvalue weighted by molar-refractivity contribution is -0.384. The summed E-state index contributed by atoms with van der Waals surface area (Å²) in [6, 6.07) is 12.8. The van der Waals surface area contributed by atoms with E-state index in [9.17, 15) is 14.9 Å². The second-order valence-electron chi connectivity index (χ2n) is 6.43. The fraction of sp³-hybridized carbons (Fsp3) is 0.381. The van der Waals surface area contributed by atoms with Crippen LogP contribution >= 0.6 is 0 Å². The van der Waals surface area contributed by atoms with Crippen LogP contribution in [0.1, 0.15) is 39.5 Å². The number of rotatable bonds is 11. The fourth-order valence-corrected chi connectivity index (χ4v) is 2.50. The van der Waals surface area contributed by atoms with Gasteiger partial charge in [0.2, 0.25) is 0 Å². The molecule has 28 heavy (non-hydrogen) atoms. The topological polar surface area (TPSA) is 90.7 Å². The molecule has 0 aliphatic carbocycles. The standard InChI is InChI=1S/C21H26N2O5/c1-3-4-5-6-15-27-19-11-7-17(8-12-19)22-21(24)16(2)28-20-13-9-18(10-14-20)23(25)26/h7-14,16H,3-6,15H2,1-2H3,(H,22,24). The van der Waals surface area contributed by atoms with E-state index in [0.29, 0.717) is 18.0 Å². The van der Waals surface area contributed by atoms with Crippen molar-refractivity contribution in [3.8, 4) is 11.5 Å². The number of hydrogen-bond donors (Lipinski definition) is 1. The molecular formula is C21H26N2O5. The number of hydrogen-bond acceptors (Lipinski definition) is 5. The maximum absolute atomic E-state index is 12.3. The number of carbonyl (C=O) groups is 1. The van der Waals surface area contributed by atoms with Gasteiger partial charge in [-0.3, -0.25) is 14.9 Å². The molecule has 0 aromatic heterocycles. The average Bonchev–Trinajstić information content (AvgIpc) is 2.69. The Morgan fingerprint density at radius 3 is 2.29 bits per heavy atom. The molecule has 0 aliphatic heterocycles. The molecule has 0 bridgehead atoms. The third-order valence-electron chi connectivity index (χ3n) is 4.12. The lowest BCUT2D eigenvalue weighted by Crippen LogP contribution is -2.30. The van der Waals surface area contributed by atoms with Crippen molar-refractivity contribution in [3.63, 3.8) is 0 Å². The second-order valence-corrected chi connectivity index (χ2v) is 6.43. The molecule has 0 heterocycles. The van der Waals surface area contributed by atoms with E-state index >= 15 is 0 Å². The highest BCUT2D eigenvalue weighted by atomic mass is 16.6. The Morgan fingerprint density at radius 2 is 1.68 bits per heavy atom. The van der Waals surface area contributed by atoms with Gasteiger partial charge in [0.25, 0.3) is 11.6 Å². The highest BCUT2D eigenvalue weighted by molar-refractivity contribution is 5.94. The summed E-state index contributed by atoms with van der Waals surface area (Å²) in [4.78, 5) is 22.4. The summed E-state index contributed by atoms with van der Waals surface area (Å²) in [6.07, 6.45) is 3.85. The summed E-state index contributed by atoms with van der Waals surface area (Å²) in [7, 11) is 0. The number of ether oxygens (including phenoxy) is 2. The zero-order valence-electron chi connectivity index (χ0n) is 16.2. The minimum absolute atomic E-state index is 0.0304. The van der Waals surface area contributed by atoms with Crippen LogP contribution in [0.4, 0.5) is 11.4 Å². The Kier molecular flexibility index (Phi) is 8.27. The molecule has 0 spiro atoms. The molecule has 1 amide bonds. The van der Waals surface area contributed by atoms with Gasteiger partial charge in [0.15, 0.2) is 6.10 Å². The molecule has 2 rings (SSSR count). The largest absolute Gasteiger partial charge is 0.494 e. The van der Waals surface area contributed by atoms with Crippen LogP contribution in [-0.2, 0) is 4.79 Å². The number of carbonyl (C=O) groups excluding carboxylic acids is 1. The summed E-state index contributed by atoms with van der Waals surface area (Å²) < 4.78 is 11.2. The predicted octanol–water partition coefficient (Wildman–Crippen LogP) is 4.96. The number of anilines is 1. The van der Waals surface area contributed by atoms with Gasteiger partial charge in [-0.2, -0.15) is 0 Å². The molecule has 0 radical (unpaired) electrons. The quantitative estimate of drug-likeness (QED) is 0.335. The van der Waals surface area contributed by atoms with Crippen molar-refractivity contribution in [1.29, 1.82) is 0 Å². The van der Waals surface area contributed by atoms with Crippen LogP contribution in [0.2, 0.25) is 0 Å². The zero-order valence-corrected chi connectivity index (χ0v) is 16.2. The number of unbranched alkanes of at least 4 members (excludes halogenated alkanes) is 3. The molecule has 1 unspecified atom stereocenters. The van der Waals surface area contributed by atoms with Gasteiger partial charge < -0.3 is 14.8 Å². The Bertz CT molecular complexity index is 759. The van der Waals surface area contributed by atoms with Gasteiger partial charge in [-0.15, -0.1) is 0 Å². The number of benzene rings is 2. The van der Waals surface area contributed by atoms with E-state index in [4.69, 9.17) is 9.47 Å². The normalized spacial score (nSPS) is 11.5. The molecule has 150 valence electrons. The van der Waals surface area contributed by atoms with Crippen molar-refractivity contribution in [1.82, 2.24) is 0 Å². The first-order valence-corrected chi connectivity index (χ1v) is 9.44. The molecule has 1 atom stereocenters. The molecule has 7 heteroatoms. The molecule has 2 aromatic carbocycles. The van der Waals surface area contributed by atoms with Gasteiger partial charge in [-0.05, 0) is 49.7 Å². The van der Waals surface area contributed by atoms with Crippen molar-refractivity contribution in [2.24, 2.45) is 0 Å². The summed E-state index contributed by atoms with van der Waals surface area (Å²) in [6.45, 7) is 4.47. The first kappa shape index (κ1) is 21.2. The van der Waals surface area contributed by atoms with E-state index in [-0.39, 0.29) is 11.6 Å². The molecule has 7 nitrogen and oxygen atoms in total. The Morgan fingerprint density at radius 1 is 1.04 bits per heavy atom. The molecule has 1 N–H and O–H groups in total. The smallest absolute Gasteiger partial charge is 0.269 e. The first-order valence-electron chi connectivity index (χ1n) is 9.44. The minimum atomic E-state index is -0.754. The summed E-state index contributed by atoms with van der Waals surface area (Å²) in [5.41, 5.74) is 0.611. The van der Waals surface area contributed by atoms with Gasteiger partial charge >= 0.3 is 0 Å². The van der Waals surface area contributed by atoms with Crippen LogP contribution in [0.3, 0.4) is 0 Å². The van der Waals surface area contributed by atoms with E-state index in [2.05, 4.69) is 12.2 Å². The van der Waals surface area contributed by atoms with Gasteiger partial charge in [-0.25, -0.2) is 0 Å². The van der Waals surface area contributed by atoms with Crippen molar-refractivity contribution < 1.29 is 19.2 Å². The van der Waals surface area contributed by atoms with Crippen LogP contribution in [0.15, 0.2) is 48.5 Å². The SMILES string of the molecule is CCCCCCOc1ccc(NC(=O)C(C)Oc2ccc([N+](=O)[O-])cc2)cc1. The van der Waals surface area contributed by atoms with E-state index in [1.165, 1.54) is 37.1 Å². The van der Waals surface area contributed by atoms with Crippen molar-refractivity contribution >= 4 is 17.3 Å². The lowest BCUT2D eigenvalue weighted by atomic mass is 10.2. The van der Waals surface area contributed by atoms with E-state index in [1.807, 2.05) is 12.1 Å². The molecule has 0 saturated carbocycles. The fourth-order valence-electron chi connectivity index (χ4n) is 2.50. The van der Waals surface area contributed by atoms with Gasteiger partial charge in [0.05, 0.1) is 11.5 Å². The lowest BCUT2D eigenvalue weighted by Gasteiger charge is -2.15. The van der Waals surface area contributed by atoms with Crippen LogP contribution in [0, 0.1) is 10.1 Å². The number of nitrogens with zero attached hydrogens (tertiary/aromatic N) is 1. The second kappa shape index (κ2) is 10.9. The summed E-state index contributed by atoms with van der Waals surface area (Å²) in [5, 5.41) is 13.4. The van der Waals surface area contributed by atoms with Gasteiger partial charge in [-0.1, -0.05) is 26.2 Å². The molecule has 2 aromatic rings. The first-order chi connectivity index (χ1) is 13.5. The summed E-state index contributed by atoms with van der Waals surface area (Å²) in [5.74, 6) is 0.844. The number of amides is 1. The van der Waals surface area contributed by atoms with Crippen LogP contribution in [-0.4, -0.2) is 23.5 Å². The van der Waals surface area contributed by atoms with E-state index in [0.717, 1.165) is 18.6 Å². The van der Waals surface area contributed by atoms with Crippen molar-refractivity contribution in [2.45, 2.75) is 45.6 Å². The number of non-ortho nitro benzene ring substituents is 1. The Balaban J connectivity index is 1.80. The minimum Gasteiger partial charge on any atom is -0.494 e. The summed E-state index contributed by atoms with van der Waals surface area (Å²) >= 11 is 0. The van der Waals surface area contributed by atoms with Gasteiger partial charge in [0, 0.05) is 17.8 Å². The maximum Gasteiger partial charge on any atom is 0.269 e. The Hall–Kier alpha value is -3.09. The molecule has 0 fully saturated rings. The zero-order chi connectivity index (χ0) is 20.4. The number of nitro benzene ring substituents is 1. The highest BCUT2D eigenvalue weighted by Crippen LogP contribution is 2.20. The maximum atomic E-state index is 12.3. The molecule has 0 aliphatic rings. The van der Waals surface area contributed by atoms with E-state index < -0.39 is 11.0 Å². The monoisotopic (exact) mass is 386 g/mol. The van der Waals surface area contributed by atoms with E-state index in [1.54, 1.807) is 19.1 Å². The van der Waals surface area contributed by atoms with Crippen LogP contribution in [0.25, 0.3) is 0 Å². The average molecular weight is 386 g/mol. The van der Waals surface area contributed by atoms with Crippen LogP contribution in [0.5, 0.6) is 11.5 Å². The molecular weight excluding hydrogens is 360 g/mol. The Labute approximate surface area is 164 Å². The number of nitrogens with one attached hydrogen (secondary N) is 1.